The highest BCUT2D eigenvalue weighted by Gasteiger charge is 2.42. The molecule has 0 saturated heterocycles. The predicted molar refractivity (Wildman–Crippen MR) is 403 cm³/mol. The Bertz CT molecular complexity index is 4710. The number of amides is 8. The van der Waals surface area contributed by atoms with Gasteiger partial charge in [0.1, 0.15) is 94.2 Å². The molecular weight excluding hydrogens is 1460 g/mol. The first-order valence-electron chi connectivity index (χ1n) is 36.1. The lowest BCUT2D eigenvalue weighted by atomic mass is 9.87. The number of halogens is 2. The van der Waals surface area contributed by atoms with Crippen LogP contribution in [0.2, 0.25) is 10.0 Å². The molecule has 1 unspecified atom stereocenters. The number of aliphatic hydroxyl groups excluding tert-OH is 1. The van der Waals surface area contributed by atoms with Crippen LogP contribution in [0.5, 0.6) is 69.0 Å². The first-order valence-corrected chi connectivity index (χ1v) is 36.9. The van der Waals surface area contributed by atoms with Crippen LogP contribution < -0.4 is 62.1 Å². The monoisotopic (exact) mass is 1550 g/mol. The molecule has 29 nitrogen and oxygen atoms in total. The summed E-state index contributed by atoms with van der Waals surface area (Å²) in [6, 6.07) is 7.86. The third kappa shape index (κ3) is 18.9. The normalized spacial score (nSPS) is 19.8. The van der Waals surface area contributed by atoms with Gasteiger partial charge in [-0.25, -0.2) is 4.79 Å². The van der Waals surface area contributed by atoms with Crippen LogP contribution in [-0.2, 0) is 51.3 Å². The summed E-state index contributed by atoms with van der Waals surface area (Å²) >= 11 is 14.0. The van der Waals surface area contributed by atoms with Gasteiger partial charge in [0.25, 0.3) is 0 Å². The van der Waals surface area contributed by atoms with Gasteiger partial charge < -0.3 is 107 Å². The number of carbonyl (C=O) groups excluding carboxylic acids is 8. The Balaban J connectivity index is 1.09. The van der Waals surface area contributed by atoms with Gasteiger partial charge in [-0.1, -0.05) is 99.3 Å². The van der Waals surface area contributed by atoms with Crippen LogP contribution in [0.1, 0.15) is 166 Å². The van der Waals surface area contributed by atoms with E-state index in [0.717, 1.165) is 93.8 Å². The number of aromatic hydroxyl groups is 6. The van der Waals surface area contributed by atoms with E-state index in [1.54, 1.807) is 20.8 Å². The average molecular weight is 1550 g/mol. The van der Waals surface area contributed by atoms with Crippen molar-refractivity contribution in [2.75, 3.05) is 33.7 Å². The van der Waals surface area contributed by atoms with E-state index >= 15 is 24.0 Å². The number of nitrogens with one attached hydrogen (secondary N) is 9. The Morgan fingerprint density at radius 1 is 0.555 bits per heavy atom. The number of benzene rings is 7. The number of alkyl carbamates (subject to hydrolysis) is 1. The summed E-state index contributed by atoms with van der Waals surface area (Å²) in [5.41, 5.74) is -2.84. The summed E-state index contributed by atoms with van der Waals surface area (Å²) in [6.07, 6.45) is 5.02. The van der Waals surface area contributed by atoms with Gasteiger partial charge in [0.05, 0.1) is 15.6 Å². The van der Waals surface area contributed by atoms with Crippen molar-refractivity contribution in [2.45, 2.75) is 152 Å². The fourth-order valence-electron chi connectivity index (χ4n) is 13.3. The maximum atomic E-state index is 16.2. The van der Waals surface area contributed by atoms with E-state index in [9.17, 15) is 50.1 Å². The minimum atomic E-state index is -2.21. The van der Waals surface area contributed by atoms with Crippen LogP contribution in [0.4, 0.5) is 4.79 Å². The molecule has 0 radical (unpaired) electrons. The predicted octanol–water partition coefficient (Wildman–Crippen LogP) is 9.76. The van der Waals surface area contributed by atoms with E-state index in [-0.39, 0.29) is 102 Å². The molecule has 582 valence electrons. The Kier molecular flexibility index (Phi) is 25.1. The van der Waals surface area contributed by atoms with Gasteiger partial charge >= 0.3 is 6.09 Å². The Hall–Kier alpha value is -11.2. The van der Waals surface area contributed by atoms with Crippen LogP contribution in [-0.4, -0.2) is 140 Å². The minimum Gasteiger partial charge on any atom is -0.508 e. The molecule has 6 heterocycles. The lowest BCUT2D eigenvalue weighted by molar-refractivity contribution is -0.137. The summed E-state index contributed by atoms with van der Waals surface area (Å²) in [7, 11) is 3.65. The molecule has 0 aliphatic carbocycles. The van der Waals surface area contributed by atoms with Crippen molar-refractivity contribution in [3.8, 4) is 80.1 Å². The van der Waals surface area contributed by atoms with Gasteiger partial charge in [-0.15, -0.1) is 0 Å². The van der Waals surface area contributed by atoms with E-state index in [4.69, 9.17) is 42.1 Å². The van der Waals surface area contributed by atoms with Gasteiger partial charge in [-0.2, -0.15) is 0 Å². The van der Waals surface area contributed by atoms with Crippen molar-refractivity contribution in [3.05, 3.63) is 164 Å². The first-order chi connectivity index (χ1) is 52.4. The van der Waals surface area contributed by atoms with Gasteiger partial charge in [0.15, 0.2) is 23.0 Å². The number of fused-ring (bicyclic) bond motifs is 14. The van der Waals surface area contributed by atoms with E-state index < -0.39 is 154 Å². The number of phenolic OH excluding ortho intramolecular Hbond substituents is 6. The van der Waals surface area contributed by atoms with Crippen LogP contribution in [0, 0.1) is 0 Å². The van der Waals surface area contributed by atoms with E-state index in [2.05, 4.69) is 54.8 Å². The van der Waals surface area contributed by atoms with E-state index in [0.29, 0.717) is 19.5 Å². The summed E-state index contributed by atoms with van der Waals surface area (Å²) in [4.78, 5) is 124. The zero-order valence-electron chi connectivity index (χ0n) is 61.1. The van der Waals surface area contributed by atoms with Crippen molar-refractivity contribution < 1.29 is 93.0 Å². The number of ether oxygens (including phenoxy) is 4. The molecule has 0 aromatic heterocycles. The minimum absolute atomic E-state index is 0.00140. The maximum absolute atomic E-state index is 16.2. The maximum Gasteiger partial charge on any atom is 0.408 e. The molecule has 7 aromatic rings. The number of rotatable bonds is 17. The summed E-state index contributed by atoms with van der Waals surface area (Å²) in [5, 5.41) is 109. The molecule has 110 heavy (non-hydrogen) atoms. The van der Waals surface area contributed by atoms with Gasteiger partial charge in [-0.05, 0) is 179 Å². The van der Waals surface area contributed by atoms with Crippen LogP contribution in [0.15, 0.2) is 109 Å². The fourth-order valence-corrected chi connectivity index (χ4v) is 13.8. The number of unbranched alkanes of at least 4 members (excludes halogenated alkanes) is 7. The number of hydrogen-bond acceptors (Lipinski definition) is 21. The molecule has 8 amide bonds. The molecule has 0 spiro atoms. The van der Waals surface area contributed by atoms with E-state index in [1.165, 1.54) is 66.7 Å². The molecule has 31 heteroatoms. The molecule has 6 aliphatic rings. The van der Waals surface area contributed by atoms with Crippen LogP contribution in [0.25, 0.3) is 11.1 Å². The number of aliphatic hydroxyl groups is 1. The van der Waals surface area contributed by atoms with Crippen molar-refractivity contribution >= 4 is 70.6 Å². The van der Waals surface area contributed by atoms with Crippen LogP contribution in [0.3, 0.4) is 0 Å². The highest BCUT2D eigenvalue weighted by atomic mass is 35.5. The standard InChI is InChI=1S/C79H88Cl2N10O19/c1-7-8-9-10-11-12-13-14-24-82-38-49-55(95)37-48-61(69(49)97)47-31-40(17-20-53(47)93)62-74(102)89-67(77(105)88-66(48)72(100)83-25-15-26-91(5)6)68(96)42-19-23-57(51(81)32-42)109-60-35-44-34-59(70(60)98)108-56-22-16-39(27-50(56)80)28-52-71(99)85-64(75(103)87-65(44)76(104)86-62)43-29-45(92)36-46(30-43)107-58-33-41(18-21-54(58)94)63(73(101)84-52)90-78(106)110-79(2,3)4/h16-23,27,29-37,52,62-68,82,92-98H,7-15,24-26,28,38H2,1-6H3,(H,83,100)(H,84,101)(H,85,99)(H,86,104)(H,87,103)(H,88,105)(H,89,102)(H,90,106)/t52-,62-,63-,64-,65-,66-,67-,68?/m0/s1. The molecule has 16 N–H and O–H groups in total. The van der Waals surface area contributed by atoms with Gasteiger partial charge in [0.2, 0.25) is 47.1 Å². The first kappa shape index (κ1) is 79.8. The van der Waals surface area contributed by atoms with E-state index in [1.807, 2.05) is 19.0 Å². The SMILES string of the molecule is CCCCCCCCCCNCc1c(O)cc2c(c1O)-c1cc(ccc1O)[C@@H]1NC(=O)[C@H]3NC(=O)[C@H]4NC(=O)[C@H](Cc5ccc(c(Cl)c5)Oc5cc3cc(c5O)Oc3ccc(cc3Cl)C(O)[C@H](NC1=O)C(=O)N[C@@H]2C(=O)NCCCN(C)C)NC(=O)[C@@H](NC(=O)OC(C)(C)C)c1ccc(O)c(c1)Oc1cc(O)cc4c1. The fraction of sp³-hybridized carbons (Fsp3) is 0.367. The quantitative estimate of drug-likeness (QED) is 0.0377. The average Bonchev–Trinajstić information content (AvgIpc) is 0.754. The number of carbonyl (C=O) groups is 8. The zero-order valence-corrected chi connectivity index (χ0v) is 62.7. The second-order valence-corrected chi connectivity index (χ2v) is 29.5. The topological polar surface area (TPSA) is 427 Å². The van der Waals surface area contributed by atoms with Crippen molar-refractivity contribution in [2.24, 2.45) is 0 Å². The smallest absolute Gasteiger partial charge is 0.408 e. The Morgan fingerprint density at radius 3 is 1.82 bits per heavy atom. The second-order valence-electron chi connectivity index (χ2n) is 28.7. The molecule has 13 rings (SSSR count). The lowest BCUT2D eigenvalue weighted by Gasteiger charge is -2.32. The van der Waals surface area contributed by atoms with Gasteiger partial charge in [-0.3, -0.25) is 33.6 Å². The number of phenols is 6. The molecule has 17 bridgehead atoms. The zero-order chi connectivity index (χ0) is 79.0. The Labute approximate surface area is 643 Å². The molecule has 8 atom stereocenters. The molecule has 0 saturated carbocycles. The van der Waals surface area contributed by atoms with Crippen molar-refractivity contribution in [1.82, 2.24) is 52.8 Å². The number of nitrogens with zero attached hydrogens (tertiary/aromatic N) is 1. The largest absolute Gasteiger partial charge is 0.508 e. The number of hydrogen-bond donors (Lipinski definition) is 16. The van der Waals surface area contributed by atoms with Crippen molar-refractivity contribution in [1.29, 1.82) is 0 Å². The summed E-state index contributed by atoms with van der Waals surface area (Å²) < 4.78 is 24.4. The highest BCUT2D eigenvalue weighted by molar-refractivity contribution is 6.32. The third-order valence-electron chi connectivity index (χ3n) is 18.9. The molecular formula is C79H88Cl2N10O19. The van der Waals surface area contributed by atoms with Crippen molar-refractivity contribution in [3.63, 3.8) is 0 Å². The van der Waals surface area contributed by atoms with Crippen LogP contribution >= 0.6 is 23.2 Å². The highest BCUT2D eigenvalue weighted by Crippen LogP contribution is 2.49. The summed E-state index contributed by atoms with van der Waals surface area (Å²) in [5.74, 6) is -13.9. The molecule has 7 aromatic carbocycles. The molecule has 0 fully saturated rings. The second kappa shape index (κ2) is 34.6. The summed E-state index contributed by atoms with van der Waals surface area (Å²) in [6.45, 7) is 7.74. The third-order valence-corrected chi connectivity index (χ3v) is 19.5. The van der Waals surface area contributed by atoms with Gasteiger partial charge in [0, 0.05) is 36.7 Å². The molecule has 6 aliphatic heterocycles. The Morgan fingerprint density at radius 2 is 1.15 bits per heavy atom. The lowest BCUT2D eigenvalue weighted by Crippen LogP contribution is -2.56.